The van der Waals surface area contributed by atoms with Crippen molar-refractivity contribution in [3.05, 3.63) is 0 Å². The molecule has 0 aromatic carbocycles. The molecule has 114 valence electrons. The fourth-order valence-corrected chi connectivity index (χ4v) is 2.25. The maximum absolute atomic E-state index is 11.7. The molecule has 0 saturated heterocycles. The van der Waals surface area contributed by atoms with E-state index in [0.29, 0.717) is 0 Å². The number of carboxylic acids is 1. The van der Waals surface area contributed by atoms with Gasteiger partial charge in [0.25, 0.3) is 0 Å². The summed E-state index contributed by atoms with van der Waals surface area (Å²) in [5.41, 5.74) is 0. The van der Waals surface area contributed by atoms with Gasteiger partial charge in [-0.1, -0.05) is 19.3 Å². The zero-order chi connectivity index (χ0) is 15.0. The SMILES string of the molecule is COC(=O)CC[C@@H](NC(=O)NC1CCCCC1)C(=O)O. The number of nitrogens with one attached hydrogen (secondary N) is 2. The number of carbonyl (C=O) groups excluding carboxylic acids is 2. The Labute approximate surface area is 118 Å². The normalized spacial score (nSPS) is 17.1. The Balaban J connectivity index is 2.37. The van der Waals surface area contributed by atoms with Crippen LogP contribution in [0.25, 0.3) is 0 Å². The molecule has 0 heterocycles. The van der Waals surface area contributed by atoms with Gasteiger partial charge in [0, 0.05) is 12.5 Å². The summed E-state index contributed by atoms with van der Waals surface area (Å²) in [4.78, 5) is 33.8. The zero-order valence-corrected chi connectivity index (χ0v) is 11.7. The van der Waals surface area contributed by atoms with Gasteiger partial charge in [0.05, 0.1) is 7.11 Å². The number of methoxy groups -OCH3 is 1. The summed E-state index contributed by atoms with van der Waals surface area (Å²) >= 11 is 0. The Morgan fingerprint density at radius 1 is 1.25 bits per heavy atom. The van der Waals surface area contributed by atoms with Crippen molar-refractivity contribution >= 4 is 18.0 Å². The van der Waals surface area contributed by atoms with Crippen LogP contribution in [0.15, 0.2) is 0 Å². The molecule has 0 aromatic rings. The van der Waals surface area contributed by atoms with Crippen LogP contribution in [-0.4, -0.2) is 42.3 Å². The van der Waals surface area contributed by atoms with Crippen LogP contribution >= 0.6 is 0 Å². The lowest BCUT2D eigenvalue weighted by Crippen LogP contribution is -2.49. The van der Waals surface area contributed by atoms with Gasteiger partial charge in [-0.05, 0) is 19.3 Å². The molecule has 0 aliphatic heterocycles. The van der Waals surface area contributed by atoms with Crippen molar-refractivity contribution in [2.24, 2.45) is 0 Å². The predicted octanol–water partition coefficient (Wildman–Crippen LogP) is 1.02. The minimum absolute atomic E-state index is 0.0140. The van der Waals surface area contributed by atoms with Crippen LogP contribution in [0.5, 0.6) is 0 Å². The molecule has 0 spiro atoms. The topological polar surface area (TPSA) is 105 Å². The number of hydrogen-bond donors (Lipinski definition) is 3. The molecular weight excluding hydrogens is 264 g/mol. The zero-order valence-electron chi connectivity index (χ0n) is 11.7. The number of hydrogen-bond acceptors (Lipinski definition) is 4. The van der Waals surface area contributed by atoms with Gasteiger partial charge in [-0.25, -0.2) is 9.59 Å². The van der Waals surface area contributed by atoms with Gasteiger partial charge in [-0.15, -0.1) is 0 Å². The van der Waals surface area contributed by atoms with Crippen LogP contribution in [-0.2, 0) is 14.3 Å². The van der Waals surface area contributed by atoms with Crippen LogP contribution in [0.2, 0.25) is 0 Å². The van der Waals surface area contributed by atoms with Crippen LogP contribution in [0.1, 0.15) is 44.9 Å². The lowest BCUT2D eigenvalue weighted by molar-refractivity contribution is -0.142. The van der Waals surface area contributed by atoms with Crippen molar-refractivity contribution in [3.63, 3.8) is 0 Å². The maximum atomic E-state index is 11.7. The smallest absolute Gasteiger partial charge is 0.326 e. The van der Waals surface area contributed by atoms with Gasteiger partial charge in [0.2, 0.25) is 0 Å². The standard InChI is InChI=1S/C13H22N2O5/c1-20-11(16)8-7-10(12(17)18)15-13(19)14-9-5-3-2-4-6-9/h9-10H,2-8H2,1H3,(H,17,18)(H2,14,15,19)/t10-/m1/s1. The quantitative estimate of drug-likeness (QED) is 0.632. The van der Waals surface area contributed by atoms with Crippen molar-refractivity contribution in [2.45, 2.75) is 57.0 Å². The van der Waals surface area contributed by atoms with E-state index in [1.165, 1.54) is 13.5 Å². The molecule has 2 amide bonds. The van der Waals surface area contributed by atoms with Crippen molar-refractivity contribution in [1.82, 2.24) is 10.6 Å². The van der Waals surface area contributed by atoms with E-state index in [4.69, 9.17) is 5.11 Å². The van der Waals surface area contributed by atoms with E-state index in [2.05, 4.69) is 15.4 Å². The summed E-state index contributed by atoms with van der Waals surface area (Å²) in [6.07, 6.45) is 5.15. The Kier molecular flexibility index (Phi) is 6.83. The highest BCUT2D eigenvalue weighted by atomic mass is 16.5. The molecule has 1 aliphatic rings. The van der Waals surface area contributed by atoms with Crippen LogP contribution < -0.4 is 10.6 Å². The van der Waals surface area contributed by atoms with Gasteiger partial charge in [-0.2, -0.15) is 0 Å². The average Bonchev–Trinajstić information content (AvgIpc) is 2.43. The Morgan fingerprint density at radius 2 is 1.90 bits per heavy atom. The van der Waals surface area contributed by atoms with Crippen molar-refractivity contribution in [2.75, 3.05) is 7.11 Å². The first-order valence-electron chi connectivity index (χ1n) is 6.89. The number of carboxylic acid groups (broad SMARTS) is 1. The van der Waals surface area contributed by atoms with Gasteiger partial charge in [0.15, 0.2) is 0 Å². The first-order valence-corrected chi connectivity index (χ1v) is 6.89. The number of esters is 1. The monoisotopic (exact) mass is 286 g/mol. The molecule has 7 nitrogen and oxygen atoms in total. The second kappa shape index (κ2) is 8.39. The number of carbonyl (C=O) groups is 3. The molecule has 7 heteroatoms. The Hall–Kier alpha value is -1.79. The summed E-state index contributed by atoms with van der Waals surface area (Å²) in [5, 5.41) is 14.2. The minimum Gasteiger partial charge on any atom is -0.480 e. The van der Waals surface area contributed by atoms with E-state index in [9.17, 15) is 14.4 Å². The second-order valence-electron chi connectivity index (χ2n) is 4.96. The van der Waals surface area contributed by atoms with Gasteiger partial charge < -0.3 is 20.5 Å². The Morgan fingerprint density at radius 3 is 2.45 bits per heavy atom. The van der Waals surface area contributed by atoms with Crippen LogP contribution in [0, 0.1) is 0 Å². The third-order valence-corrected chi connectivity index (χ3v) is 3.41. The second-order valence-corrected chi connectivity index (χ2v) is 4.96. The summed E-state index contributed by atoms with van der Waals surface area (Å²) in [5.74, 6) is -1.65. The van der Waals surface area contributed by atoms with E-state index < -0.39 is 24.0 Å². The largest absolute Gasteiger partial charge is 0.480 e. The van der Waals surface area contributed by atoms with Crippen LogP contribution in [0.3, 0.4) is 0 Å². The fraction of sp³-hybridized carbons (Fsp3) is 0.769. The first-order chi connectivity index (χ1) is 9.52. The lowest BCUT2D eigenvalue weighted by Gasteiger charge is -2.24. The molecule has 3 N–H and O–H groups in total. The third kappa shape index (κ3) is 5.90. The number of amides is 2. The Bertz CT molecular complexity index is 353. The minimum atomic E-state index is -1.16. The summed E-state index contributed by atoms with van der Waals surface area (Å²) in [6.45, 7) is 0. The molecule has 0 aromatic heterocycles. The van der Waals surface area contributed by atoms with E-state index in [1.54, 1.807) is 0 Å². The lowest BCUT2D eigenvalue weighted by atomic mass is 9.96. The number of urea groups is 1. The van der Waals surface area contributed by atoms with Crippen molar-refractivity contribution in [3.8, 4) is 0 Å². The van der Waals surface area contributed by atoms with Crippen LogP contribution in [0.4, 0.5) is 4.79 Å². The van der Waals surface area contributed by atoms with Crippen molar-refractivity contribution < 1.29 is 24.2 Å². The number of ether oxygens (including phenoxy) is 1. The summed E-state index contributed by atoms with van der Waals surface area (Å²) in [6, 6.07) is -1.47. The number of aliphatic carboxylic acids is 1. The molecule has 0 unspecified atom stereocenters. The van der Waals surface area contributed by atoms with Gasteiger partial charge in [-0.3, -0.25) is 4.79 Å². The molecule has 1 atom stereocenters. The highest BCUT2D eigenvalue weighted by Crippen LogP contribution is 2.17. The molecule has 1 fully saturated rings. The summed E-state index contributed by atoms with van der Waals surface area (Å²) in [7, 11) is 1.24. The van der Waals surface area contributed by atoms with E-state index in [0.717, 1.165) is 25.7 Å². The summed E-state index contributed by atoms with van der Waals surface area (Å²) < 4.78 is 4.45. The highest BCUT2D eigenvalue weighted by molar-refractivity contribution is 5.83. The molecule has 0 bridgehead atoms. The molecule has 0 radical (unpaired) electrons. The third-order valence-electron chi connectivity index (χ3n) is 3.41. The van der Waals surface area contributed by atoms with E-state index in [-0.39, 0.29) is 18.9 Å². The highest BCUT2D eigenvalue weighted by Gasteiger charge is 2.23. The van der Waals surface area contributed by atoms with Gasteiger partial charge >= 0.3 is 18.0 Å². The number of rotatable bonds is 6. The van der Waals surface area contributed by atoms with E-state index >= 15 is 0 Å². The molecular formula is C13H22N2O5. The fourth-order valence-electron chi connectivity index (χ4n) is 2.25. The molecule has 1 aliphatic carbocycles. The first kappa shape index (κ1) is 16.3. The van der Waals surface area contributed by atoms with Gasteiger partial charge in [0.1, 0.15) is 6.04 Å². The molecule has 1 rings (SSSR count). The van der Waals surface area contributed by atoms with E-state index in [1.807, 2.05) is 0 Å². The predicted molar refractivity (Wildman–Crippen MR) is 71.2 cm³/mol. The van der Waals surface area contributed by atoms with Crippen molar-refractivity contribution in [1.29, 1.82) is 0 Å². The molecule has 1 saturated carbocycles. The average molecular weight is 286 g/mol. The molecule has 20 heavy (non-hydrogen) atoms. The maximum Gasteiger partial charge on any atom is 0.326 e.